The number of carbonyl (C=O) groups is 1. The Hall–Kier alpha value is -2.27. The molecular weight excluding hydrogens is 292 g/mol. The fourth-order valence-electron chi connectivity index (χ4n) is 2.23. The van der Waals surface area contributed by atoms with Crippen LogP contribution < -0.4 is 14.8 Å². The number of methoxy groups -OCH3 is 1. The maximum absolute atomic E-state index is 12.3. The summed E-state index contributed by atoms with van der Waals surface area (Å²) in [6, 6.07) is 8.78. The first-order chi connectivity index (χ1) is 10.2. The summed E-state index contributed by atoms with van der Waals surface area (Å²) < 4.78 is 10.7. The molecule has 1 aliphatic rings. The van der Waals surface area contributed by atoms with E-state index in [0.717, 1.165) is 5.56 Å². The van der Waals surface area contributed by atoms with Crippen molar-refractivity contribution in [2.75, 3.05) is 12.4 Å². The van der Waals surface area contributed by atoms with Crippen LogP contribution in [0.2, 0.25) is 5.02 Å². The predicted octanol–water partition coefficient (Wildman–Crippen LogP) is 2.69. The molecule has 0 bridgehead atoms. The molecule has 0 unspecified atom stereocenters. The molecule has 1 aromatic carbocycles. The molecule has 1 aromatic heterocycles. The van der Waals surface area contributed by atoms with Crippen LogP contribution in [-0.2, 0) is 11.2 Å². The normalized spacial score (nSPS) is 16.0. The van der Waals surface area contributed by atoms with E-state index in [9.17, 15) is 4.79 Å². The highest BCUT2D eigenvalue weighted by molar-refractivity contribution is 6.30. The second kappa shape index (κ2) is 5.61. The van der Waals surface area contributed by atoms with Crippen molar-refractivity contribution in [1.29, 1.82) is 0 Å². The zero-order valence-corrected chi connectivity index (χ0v) is 12.1. The van der Waals surface area contributed by atoms with Gasteiger partial charge in [0.15, 0.2) is 6.10 Å². The summed E-state index contributed by atoms with van der Waals surface area (Å²) in [5.74, 6) is 0.815. The lowest BCUT2D eigenvalue weighted by Gasteiger charge is -2.12. The van der Waals surface area contributed by atoms with Crippen molar-refractivity contribution in [2.45, 2.75) is 12.5 Å². The number of nitrogens with one attached hydrogen (secondary N) is 1. The summed E-state index contributed by atoms with van der Waals surface area (Å²) in [4.78, 5) is 16.3. The number of pyridine rings is 1. The van der Waals surface area contributed by atoms with Gasteiger partial charge in [0, 0.05) is 17.6 Å². The van der Waals surface area contributed by atoms with Crippen LogP contribution in [0, 0.1) is 0 Å². The second-order valence-corrected chi connectivity index (χ2v) is 5.05. The molecule has 1 aliphatic heterocycles. The zero-order chi connectivity index (χ0) is 14.8. The standard InChI is InChI=1S/C15H13ClN2O3/c1-20-15-11(3-2-6-17-15)18-14(19)13-8-9-7-10(16)4-5-12(9)21-13/h2-7,13H,8H2,1H3,(H,18,19)/t13-/m1/s1. The number of hydrogen-bond acceptors (Lipinski definition) is 4. The van der Waals surface area contributed by atoms with E-state index in [0.29, 0.717) is 28.8 Å². The Kier molecular flexibility index (Phi) is 3.66. The van der Waals surface area contributed by atoms with Crippen LogP contribution in [0.5, 0.6) is 11.6 Å². The Bertz CT molecular complexity index is 690. The number of anilines is 1. The van der Waals surface area contributed by atoms with Gasteiger partial charge >= 0.3 is 0 Å². The number of carbonyl (C=O) groups excluding carboxylic acids is 1. The van der Waals surface area contributed by atoms with E-state index in [-0.39, 0.29) is 5.91 Å². The van der Waals surface area contributed by atoms with Gasteiger partial charge in [-0.3, -0.25) is 4.79 Å². The molecule has 0 saturated heterocycles. The molecule has 1 N–H and O–H groups in total. The highest BCUT2D eigenvalue weighted by atomic mass is 35.5. The van der Waals surface area contributed by atoms with Gasteiger partial charge in [-0.25, -0.2) is 4.98 Å². The van der Waals surface area contributed by atoms with Gasteiger partial charge in [0.25, 0.3) is 5.91 Å². The maximum Gasteiger partial charge on any atom is 0.265 e. The molecular formula is C15H13ClN2O3. The van der Waals surface area contributed by atoms with E-state index in [1.807, 2.05) is 6.07 Å². The van der Waals surface area contributed by atoms with Crippen LogP contribution in [0.4, 0.5) is 5.69 Å². The Morgan fingerprint density at radius 2 is 2.33 bits per heavy atom. The smallest absolute Gasteiger partial charge is 0.265 e. The average molecular weight is 305 g/mol. The number of ether oxygens (including phenoxy) is 2. The molecule has 1 atom stereocenters. The second-order valence-electron chi connectivity index (χ2n) is 4.61. The van der Waals surface area contributed by atoms with Crippen molar-refractivity contribution >= 4 is 23.2 Å². The molecule has 108 valence electrons. The SMILES string of the molecule is COc1ncccc1NC(=O)[C@H]1Cc2cc(Cl)ccc2O1. The lowest BCUT2D eigenvalue weighted by Crippen LogP contribution is -2.31. The highest BCUT2D eigenvalue weighted by Gasteiger charge is 2.29. The lowest BCUT2D eigenvalue weighted by molar-refractivity contribution is -0.122. The molecule has 0 aliphatic carbocycles. The van der Waals surface area contributed by atoms with Crippen LogP contribution in [0.25, 0.3) is 0 Å². The fraction of sp³-hybridized carbons (Fsp3) is 0.200. The van der Waals surface area contributed by atoms with Crippen LogP contribution in [-0.4, -0.2) is 24.1 Å². The van der Waals surface area contributed by atoms with Crippen LogP contribution in [0.1, 0.15) is 5.56 Å². The molecule has 5 nitrogen and oxygen atoms in total. The van der Waals surface area contributed by atoms with E-state index in [1.54, 1.807) is 30.5 Å². The Balaban J connectivity index is 1.73. The van der Waals surface area contributed by atoms with Crippen LogP contribution >= 0.6 is 11.6 Å². The number of amides is 1. The molecule has 21 heavy (non-hydrogen) atoms. The van der Waals surface area contributed by atoms with Gasteiger partial charge in [-0.15, -0.1) is 0 Å². The van der Waals surface area contributed by atoms with E-state index < -0.39 is 6.10 Å². The summed E-state index contributed by atoms with van der Waals surface area (Å²) in [5, 5.41) is 3.40. The van der Waals surface area contributed by atoms with Gasteiger partial charge in [0.2, 0.25) is 5.88 Å². The molecule has 6 heteroatoms. The van der Waals surface area contributed by atoms with Gasteiger partial charge in [0.05, 0.1) is 7.11 Å². The first-order valence-corrected chi connectivity index (χ1v) is 6.80. The topological polar surface area (TPSA) is 60.5 Å². The molecule has 0 fully saturated rings. The first kappa shape index (κ1) is 13.7. The molecule has 2 heterocycles. The van der Waals surface area contributed by atoms with Crippen molar-refractivity contribution in [3.63, 3.8) is 0 Å². The highest BCUT2D eigenvalue weighted by Crippen LogP contribution is 2.31. The van der Waals surface area contributed by atoms with Crippen molar-refractivity contribution in [1.82, 2.24) is 4.98 Å². The summed E-state index contributed by atoms with van der Waals surface area (Å²) in [6.07, 6.45) is 1.51. The largest absolute Gasteiger partial charge is 0.480 e. The number of fused-ring (bicyclic) bond motifs is 1. The summed E-state index contributed by atoms with van der Waals surface area (Å²) in [6.45, 7) is 0. The van der Waals surface area contributed by atoms with Crippen molar-refractivity contribution in [2.24, 2.45) is 0 Å². The minimum atomic E-state index is -0.580. The summed E-state index contributed by atoms with van der Waals surface area (Å²) >= 11 is 5.94. The molecule has 1 amide bonds. The van der Waals surface area contributed by atoms with Gasteiger partial charge in [0.1, 0.15) is 11.4 Å². The Labute approximate surface area is 126 Å². The zero-order valence-electron chi connectivity index (χ0n) is 11.3. The van der Waals surface area contributed by atoms with Gasteiger partial charge in [-0.2, -0.15) is 0 Å². The third-order valence-corrected chi connectivity index (χ3v) is 3.45. The average Bonchev–Trinajstić information content (AvgIpc) is 2.91. The molecule has 0 radical (unpaired) electrons. The van der Waals surface area contributed by atoms with Crippen molar-refractivity contribution in [3.05, 3.63) is 47.1 Å². The predicted molar refractivity (Wildman–Crippen MR) is 79.0 cm³/mol. The van der Waals surface area contributed by atoms with Crippen LogP contribution in [0.15, 0.2) is 36.5 Å². The molecule has 3 rings (SSSR count). The first-order valence-electron chi connectivity index (χ1n) is 6.42. The van der Waals surface area contributed by atoms with Gasteiger partial charge in [-0.05, 0) is 35.9 Å². The minimum Gasteiger partial charge on any atom is -0.480 e. The van der Waals surface area contributed by atoms with E-state index in [2.05, 4.69) is 10.3 Å². The van der Waals surface area contributed by atoms with Crippen LogP contribution in [0.3, 0.4) is 0 Å². The summed E-state index contributed by atoms with van der Waals surface area (Å²) in [5.41, 5.74) is 1.45. The maximum atomic E-state index is 12.3. The quantitative estimate of drug-likeness (QED) is 0.947. The number of hydrogen-bond donors (Lipinski definition) is 1. The lowest BCUT2D eigenvalue weighted by atomic mass is 10.1. The van der Waals surface area contributed by atoms with Gasteiger partial charge < -0.3 is 14.8 Å². The van der Waals surface area contributed by atoms with E-state index in [4.69, 9.17) is 21.1 Å². The van der Waals surface area contributed by atoms with E-state index in [1.165, 1.54) is 7.11 Å². The van der Waals surface area contributed by atoms with E-state index >= 15 is 0 Å². The third kappa shape index (κ3) is 2.78. The summed E-state index contributed by atoms with van der Waals surface area (Å²) in [7, 11) is 1.50. The Morgan fingerprint density at radius 1 is 1.48 bits per heavy atom. The molecule has 0 spiro atoms. The fourth-order valence-corrected chi connectivity index (χ4v) is 2.42. The molecule has 2 aromatic rings. The number of halogens is 1. The number of rotatable bonds is 3. The molecule has 0 saturated carbocycles. The van der Waals surface area contributed by atoms with Crippen molar-refractivity contribution < 1.29 is 14.3 Å². The monoisotopic (exact) mass is 304 g/mol. The number of benzene rings is 1. The number of nitrogens with zero attached hydrogens (tertiary/aromatic N) is 1. The number of aromatic nitrogens is 1. The third-order valence-electron chi connectivity index (χ3n) is 3.21. The Morgan fingerprint density at radius 3 is 3.14 bits per heavy atom. The minimum absolute atomic E-state index is 0.242. The van der Waals surface area contributed by atoms with Crippen molar-refractivity contribution in [3.8, 4) is 11.6 Å². The van der Waals surface area contributed by atoms with Gasteiger partial charge in [-0.1, -0.05) is 11.6 Å².